The van der Waals surface area contributed by atoms with Crippen LogP contribution in [0.15, 0.2) is 54.6 Å². The molecule has 0 bridgehead atoms. The minimum absolute atomic E-state index is 0.0144. The minimum atomic E-state index is -0.463. The van der Waals surface area contributed by atoms with Crippen LogP contribution in [-0.2, 0) is 22.6 Å². The molecule has 0 aromatic heterocycles. The summed E-state index contributed by atoms with van der Waals surface area (Å²) in [6.45, 7) is 8.50. The van der Waals surface area contributed by atoms with Gasteiger partial charge in [0.15, 0.2) is 0 Å². The van der Waals surface area contributed by atoms with Crippen molar-refractivity contribution in [1.29, 1.82) is 0 Å². The van der Waals surface area contributed by atoms with Gasteiger partial charge in [0, 0.05) is 19.0 Å². The fourth-order valence-corrected chi connectivity index (χ4v) is 3.29. The van der Waals surface area contributed by atoms with Crippen molar-refractivity contribution >= 4 is 11.8 Å². The standard InChI is InChI=1S/C25H34N2O2/c1-5-20(4)26-25(29)23(6-2)27(18-22-10-8-7-9-11-22)24(28)17-16-21-14-12-19(3)13-15-21/h7-15,20,23H,5-6,16-18H2,1-4H3,(H,26,29)/t20-,23-/m1/s1. The van der Waals surface area contributed by atoms with Crippen molar-refractivity contribution < 1.29 is 9.59 Å². The molecule has 0 heterocycles. The van der Waals surface area contributed by atoms with Gasteiger partial charge in [0.2, 0.25) is 11.8 Å². The van der Waals surface area contributed by atoms with E-state index in [1.807, 2.05) is 51.1 Å². The van der Waals surface area contributed by atoms with Gasteiger partial charge in [-0.3, -0.25) is 9.59 Å². The number of aryl methyl sites for hydroxylation is 2. The molecule has 2 rings (SSSR count). The van der Waals surface area contributed by atoms with Crippen molar-refractivity contribution in [1.82, 2.24) is 10.2 Å². The molecule has 0 unspecified atom stereocenters. The molecule has 2 aromatic carbocycles. The van der Waals surface area contributed by atoms with E-state index in [0.29, 0.717) is 25.8 Å². The first-order valence-electron chi connectivity index (χ1n) is 10.6. The number of amides is 2. The van der Waals surface area contributed by atoms with Gasteiger partial charge in [-0.25, -0.2) is 0 Å². The van der Waals surface area contributed by atoms with Gasteiger partial charge < -0.3 is 10.2 Å². The summed E-state index contributed by atoms with van der Waals surface area (Å²) in [5.41, 5.74) is 3.38. The van der Waals surface area contributed by atoms with Gasteiger partial charge in [-0.1, -0.05) is 74.0 Å². The van der Waals surface area contributed by atoms with Gasteiger partial charge in [0.05, 0.1) is 0 Å². The first kappa shape index (κ1) is 22.7. The molecule has 2 atom stereocenters. The van der Waals surface area contributed by atoms with E-state index in [4.69, 9.17) is 0 Å². The molecule has 0 aliphatic heterocycles. The Morgan fingerprint density at radius 3 is 2.17 bits per heavy atom. The Bertz CT molecular complexity index is 771. The topological polar surface area (TPSA) is 49.4 Å². The highest BCUT2D eigenvalue weighted by atomic mass is 16.2. The van der Waals surface area contributed by atoms with Crippen molar-refractivity contribution in [2.45, 2.75) is 72.0 Å². The molecule has 4 nitrogen and oxygen atoms in total. The zero-order chi connectivity index (χ0) is 21.2. The van der Waals surface area contributed by atoms with Gasteiger partial charge in [-0.05, 0) is 44.2 Å². The number of nitrogens with one attached hydrogen (secondary N) is 1. The maximum atomic E-state index is 13.2. The van der Waals surface area contributed by atoms with Crippen molar-refractivity contribution in [3.05, 3.63) is 71.3 Å². The second-order valence-corrected chi connectivity index (χ2v) is 7.73. The predicted molar refractivity (Wildman–Crippen MR) is 118 cm³/mol. The average molecular weight is 395 g/mol. The monoisotopic (exact) mass is 394 g/mol. The third-order valence-corrected chi connectivity index (χ3v) is 5.33. The second-order valence-electron chi connectivity index (χ2n) is 7.73. The SMILES string of the molecule is CC[C@@H](C)NC(=O)[C@@H](CC)N(Cc1ccccc1)C(=O)CCc1ccc(C)cc1. The summed E-state index contributed by atoms with van der Waals surface area (Å²) in [6.07, 6.45) is 2.52. The highest BCUT2D eigenvalue weighted by Crippen LogP contribution is 2.15. The first-order chi connectivity index (χ1) is 13.9. The summed E-state index contributed by atoms with van der Waals surface area (Å²) in [7, 11) is 0. The largest absolute Gasteiger partial charge is 0.352 e. The van der Waals surface area contributed by atoms with E-state index in [1.54, 1.807) is 4.90 Å². The lowest BCUT2D eigenvalue weighted by molar-refractivity contribution is -0.141. The lowest BCUT2D eigenvalue weighted by Crippen LogP contribution is -2.50. The lowest BCUT2D eigenvalue weighted by atomic mass is 10.0. The molecule has 156 valence electrons. The number of carbonyl (C=O) groups is 2. The van der Waals surface area contributed by atoms with Crippen molar-refractivity contribution in [2.24, 2.45) is 0 Å². The summed E-state index contributed by atoms with van der Waals surface area (Å²) in [6, 6.07) is 17.8. The fraction of sp³-hybridized carbons (Fsp3) is 0.440. The molecule has 0 fully saturated rings. The van der Waals surface area contributed by atoms with Crippen LogP contribution in [0, 0.1) is 6.92 Å². The molecule has 0 saturated carbocycles. The van der Waals surface area contributed by atoms with E-state index in [9.17, 15) is 9.59 Å². The smallest absolute Gasteiger partial charge is 0.243 e. The molecule has 2 amide bonds. The molecule has 0 radical (unpaired) electrons. The minimum Gasteiger partial charge on any atom is -0.352 e. The van der Waals surface area contributed by atoms with Crippen LogP contribution >= 0.6 is 0 Å². The number of hydrogen-bond donors (Lipinski definition) is 1. The molecule has 29 heavy (non-hydrogen) atoms. The Kier molecular flexibility index (Phi) is 8.91. The number of carbonyl (C=O) groups excluding carboxylic acids is 2. The quantitative estimate of drug-likeness (QED) is 0.638. The Hall–Kier alpha value is -2.62. The highest BCUT2D eigenvalue weighted by molar-refractivity contribution is 5.87. The third kappa shape index (κ3) is 7.04. The van der Waals surface area contributed by atoms with E-state index in [-0.39, 0.29) is 17.9 Å². The molecular weight excluding hydrogens is 360 g/mol. The zero-order valence-electron chi connectivity index (χ0n) is 18.2. The Labute approximate surface area is 175 Å². The van der Waals surface area contributed by atoms with Gasteiger partial charge in [-0.15, -0.1) is 0 Å². The average Bonchev–Trinajstić information content (AvgIpc) is 2.73. The fourth-order valence-electron chi connectivity index (χ4n) is 3.29. The maximum absolute atomic E-state index is 13.2. The molecule has 2 aromatic rings. The Morgan fingerprint density at radius 1 is 0.931 bits per heavy atom. The van der Waals surface area contributed by atoms with E-state index in [1.165, 1.54) is 5.56 Å². The summed E-state index contributed by atoms with van der Waals surface area (Å²) in [5, 5.41) is 3.05. The zero-order valence-corrected chi connectivity index (χ0v) is 18.2. The third-order valence-electron chi connectivity index (χ3n) is 5.33. The number of nitrogens with zero attached hydrogens (tertiary/aromatic N) is 1. The maximum Gasteiger partial charge on any atom is 0.243 e. The first-order valence-corrected chi connectivity index (χ1v) is 10.6. The van der Waals surface area contributed by atoms with Crippen LogP contribution in [0.3, 0.4) is 0 Å². The second kappa shape index (κ2) is 11.4. The number of rotatable bonds is 10. The van der Waals surface area contributed by atoms with Crippen molar-refractivity contribution in [2.75, 3.05) is 0 Å². The van der Waals surface area contributed by atoms with E-state index in [2.05, 4.69) is 36.5 Å². The van der Waals surface area contributed by atoms with E-state index >= 15 is 0 Å². The molecular formula is C25H34N2O2. The summed E-state index contributed by atoms with van der Waals surface area (Å²) < 4.78 is 0. The lowest BCUT2D eigenvalue weighted by Gasteiger charge is -2.31. The molecule has 0 aliphatic rings. The molecule has 1 N–H and O–H groups in total. The molecule has 4 heteroatoms. The van der Waals surface area contributed by atoms with Crippen LogP contribution in [0.5, 0.6) is 0 Å². The molecule has 0 spiro atoms. The van der Waals surface area contributed by atoms with Crippen LogP contribution in [0.25, 0.3) is 0 Å². The summed E-state index contributed by atoms with van der Waals surface area (Å²) in [5.74, 6) is -0.0537. The van der Waals surface area contributed by atoms with Gasteiger partial charge in [0.1, 0.15) is 6.04 Å². The van der Waals surface area contributed by atoms with Gasteiger partial charge >= 0.3 is 0 Å². The van der Waals surface area contributed by atoms with Crippen molar-refractivity contribution in [3.8, 4) is 0 Å². The molecule has 0 saturated heterocycles. The Morgan fingerprint density at radius 2 is 1.59 bits per heavy atom. The van der Waals surface area contributed by atoms with Crippen molar-refractivity contribution in [3.63, 3.8) is 0 Å². The highest BCUT2D eigenvalue weighted by Gasteiger charge is 2.28. The van der Waals surface area contributed by atoms with Gasteiger partial charge in [-0.2, -0.15) is 0 Å². The normalized spacial score (nSPS) is 12.8. The van der Waals surface area contributed by atoms with Gasteiger partial charge in [0.25, 0.3) is 0 Å². The van der Waals surface area contributed by atoms with Crippen LogP contribution in [0.4, 0.5) is 0 Å². The van der Waals surface area contributed by atoms with E-state index in [0.717, 1.165) is 17.5 Å². The van der Waals surface area contributed by atoms with Crippen LogP contribution in [0.1, 0.15) is 56.7 Å². The predicted octanol–water partition coefficient (Wildman–Crippen LogP) is 4.65. The summed E-state index contributed by atoms with van der Waals surface area (Å²) in [4.78, 5) is 27.8. The van der Waals surface area contributed by atoms with Crippen LogP contribution in [0.2, 0.25) is 0 Å². The number of hydrogen-bond acceptors (Lipinski definition) is 2. The van der Waals surface area contributed by atoms with Crippen LogP contribution in [-0.4, -0.2) is 28.8 Å². The van der Waals surface area contributed by atoms with E-state index < -0.39 is 6.04 Å². The number of benzene rings is 2. The summed E-state index contributed by atoms with van der Waals surface area (Å²) >= 11 is 0. The van der Waals surface area contributed by atoms with Crippen LogP contribution < -0.4 is 5.32 Å². The molecule has 0 aliphatic carbocycles. The Balaban J connectivity index is 2.16.